The number of hydrogen-bond acceptors (Lipinski definition) is 5. The summed E-state index contributed by atoms with van der Waals surface area (Å²) in [6, 6.07) is 15.3. The lowest BCUT2D eigenvalue weighted by molar-refractivity contribution is -0.149. The van der Waals surface area contributed by atoms with Gasteiger partial charge in [-0.2, -0.15) is 0 Å². The van der Waals surface area contributed by atoms with Gasteiger partial charge in [0.15, 0.2) is 6.73 Å². The third-order valence-electron chi connectivity index (χ3n) is 3.49. The van der Waals surface area contributed by atoms with E-state index in [0.717, 1.165) is 11.0 Å². The molecule has 1 atom stereocenters. The van der Waals surface area contributed by atoms with Gasteiger partial charge in [0, 0.05) is 5.56 Å². The van der Waals surface area contributed by atoms with E-state index in [-0.39, 0.29) is 12.6 Å². The number of carbonyl (C=O) groups excluding carboxylic acids is 2. The van der Waals surface area contributed by atoms with Crippen LogP contribution < -0.4 is 5.32 Å². The van der Waals surface area contributed by atoms with E-state index >= 15 is 0 Å². The molecule has 0 aliphatic heterocycles. The van der Waals surface area contributed by atoms with Crippen LogP contribution in [0.5, 0.6) is 0 Å². The molecule has 3 aromatic rings. The van der Waals surface area contributed by atoms with Gasteiger partial charge in [-0.25, -0.2) is 9.48 Å². The lowest BCUT2D eigenvalue weighted by Crippen LogP contribution is -2.39. The SMILES string of the molecule is C[C@H](NC(=O)c1ccccc1)C(=O)OCn1nnc2ccccc21. The van der Waals surface area contributed by atoms with Crippen LogP contribution in [0.2, 0.25) is 0 Å². The zero-order valence-electron chi connectivity index (χ0n) is 13.0. The highest BCUT2D eigenvalue weighted by molar-refractivity contribution is 5.96. The summed E-state index contributed by atoms with van der Waals surface area (Å²) in [4.78, 5) is 24.1. The van der Waals surface area contributed by atoms with Crippen molar-refractivity contribution in [1.29, 1.82) is 0 Å². The smallest absolute Gasteiger partial charge is 0.330 e. The summed E-state index contributed by atoms with van der Waals surface area (Å²) < 4.78 is 6.68. The van der Waals surface area contributed by atoms with Crippen molar-refractivity contribution in [2.24, 2.45) is 0 Å². The molecule has 122 valence electrons. The molecule has 1 aromatic heterocycles. The molecule has 0 aliphatic rings. The van der Waals surface area contributed by atoms with Gasteiger partial charge >= 0.3 is 5.97 Å². The molecule has 0 fully saturated rings. The Balaban J connectivity index is 1.57. The van der Waals surface area contributed by atoms with Crippen LogP contribution >= 0.6 is 0 Å². The zero-order valence-corrected chi connectivity index (χ0v) is 13.0. The average Bonchev–Trinajstić information content (AvgIpc) is 3.03. The first-order chi connectivity index (χ1) is 11.6. The molecule has 0 spiro atoms. The van der Waals surface area contributed by atoms with Gasteiger partial charge in [0.1, 0.15) is 11.6 Å². The van der Waals surface area contributed by atoms with Crippen molar-refractivity contribution >= 4 is 22.9 Å². The number of benzene rings is 2. The summed E-state index contributed by atoms with van der Waals surface area (Å²) in [6.45, 7) is 1.51. The molecule has 0 unspecified atom stereocenters. The number of nitrogens with zero attached hydrogens (tertiary/aromatic N) is 3. The Labute approximate surface area is 138 Å². The largest absolute Gasteiger partial charge is 0.441 e. The maximum atomic E-state index is 12.0. The Kier molecular flexibility index (Phi) is 4.51. The molecule has 1 N–H and O–H groups in total. The van der Waals surface area contributed by atoms with Crippen LogP contribution in [0.4, 0.5) is 0 Å². The minimum atomic E-state index is -0.771. The third-order valence-corrected chi connectivity index (χ3v) is 3.49. The molecule has 2 aromatic carbocycles. The van der Waals surface area contributed by atoms with Gasteiger partial charge < -0.3 is 10.1 Å². The van der Waals surface area contributed by atoms with E-state index in [9.17, 15) is 9.59 Å². The highest BCUT2D eigenvalue weighted by Gasteiger charge is 2.18. The lowest BCUT2D eigenvalue weighted by atomic mass is 10.2. The molecular formula is C17H16N4O3. The van der Waals surface area contributed by atoms with Crippen LogP contribution in [0.3, 0.4) is 0 Å². The summed E-state index contributed by atoms with van der Waals surface area (Å²) in [7, 11) is 0. The van der Waals surface area contributed by atoms with E-state index < -0.39 is 12.0 Å². The minimum Gasteiger partial charge on any atom is -0.441 e. The van der Waals surface area contributed by atoms with Crippen molar-refractivity contribution in [3.8, 4) is 0 Å². The first-order valence-corrected chi connectivity index (χ1v) is 7.46. The fraction of sp³-hybridized carbons (Fsp3) is 0.176. The van der Waals surface area contributed by atoms with Crippen molar-refractivity contribution in [3.05, 3.63) is 60.2 Å². The number of amides is 1. The van der Waals surface area contributed by atoms with Crippen LogP contribution in [0.25, 0.3) is 11.0 Å². The molecule has 3 rings (SSSR count). The van der Waals surface area contributed by atoms with Crippen molar-refractivity contribution < 1.29 is 14.3 Å². The number of carbonyl (C=O) groups is 2. The van der Waals surface area contributed by atoms with Gasteiger partial charge in [-0.05, 0) is 31.2 Å². The van der Waals surface area contributed by atoms with Gasteiger partial charge in [0.2, 0.25) is 0 Å². The third kappa shape index (κ3) is 3.40. The second kappa shape index (κ2) is 6.91. The summed E-state index contributed by atoms with van der Waals surface area (Å²) in [5.41, 5.74) is 1.98. The van der Waals surface area contributed by atoms with E-state index in [0.29, 0.717) is 5.56 Å². The number of nitrogens with one attached hydrogen (secondary N) is 1. The summed E-state index contributed by atoms with van der Waals surface area (Å²) in [6.07, 6.45) is 0. The second-order valence-electron chi connectivity index (χ2n) is 5.23. The maximum absolute atomic E-state index is 12.0. The number of aromatic nitrogens is 3. The molecule has 24 heavy (non-hydrogen) atoms. The van der Waals surface area contributed by atoms with Gasteiger partial charge in [-0.1, -0.05) is 35.5 Å². The summed E-state index contributed by atoms with van der Waals surface area (Å²) >= 11 is 0. The van der Waals surface area contributed by atoms with Gasteiger partial charge in [0.05, 0.1) is 5.52 Å². The number of esters is 1. The summed E-state index contributed by atoms with van der Waals surface area (Å²) in [5, 5.41) is 10.5. The first kappa shape index (κ1) is 15.7. The van der Waals surface area contributed by atoms with E-state index in [2.05, 4.69) is 15.6 Å². The van der Waals surface area contributed by atoms with Crippen molar-refractivity contribution in [2.45, 2.75) is 19.7 Å². The molecule has 0 saturated heterocycles. The van der Waals surface area contributed by atoms with Crippen LogP contribution in [0.1, 0.15) is 17.3 Å². The Morgan fingerprint density at radius 2 is 1.83 bits per heavy atom. The Bertz CT molecular complexity index is 860. The molecular weight excluding hydrogens is 308 g/mol. The van der Waals surface area contributed by atoms with E-state index in [4.69, 9.17) is 4.74 Å². The van der Waals surface area contributed by atoms with Gasteiger partial charge in [-0.15, -0.1) is 5.10 Å². The van der Waals surface area contributed by atoms with Crippen LogP contribution in [-0.2, 0) is 16.3 Å². The Morgan fingerprint density at radius 1 is 1.12 bits per heavy atom. The number of hydrogen-bond donors (Lipinski definition) is 1. The topological polar surface area (TPSA) is 86.1 Å². The van der Waals surface area contributed by atoms with Crippen LogP contribution in [-0.4, -0.2) is 32.9 Å². The molecule has 0 saturated carbocycles. The average molecular weight is 324 g/mol. The molecule has 1 heterocycles. The highest BCUT2D eigenvalue weighted by atomic mass is 16.5. The van der Waals surface area contributed by atoms with Crippen LogP contribution in [0, 0.1) is 0 Å². The zero-order chi connectivity index (χ0) is 16.9. The number of rotatable bonds is 5. The highest BCUT2D eigenvalue weighted by Crippen LogP contribution is 2.09. The maximum Gasteiger partial charge on any atom is 0.330 e. The molecule has 7 nitrogen and oxygen atoms in total. The molecule has 7 heteroatoms. The van der Waals surface area contributed by atoms with Gasteiger partial charge in [-0.3, -0.25) is 4.79 Å². The van der Waals surface area contributed by atoms with Crippen LogP contribution in [0.15, 0.2) is 54.6 Å². The monoisotopic (exact) mass is 324 g/mol. The second-order valence-corrected chi connectivity index (χ2v) is 5.23. The molecule has 1 amide bonds. The fourth-order valence-corrected chi connectivity index (χ4v) is 2.19. The van der Waals surface area contributed by atoms with Crippen molar-refractivity contribution in [3.63, 3.8) is 0 Å². The lowest BCUT2D eigenvalue weighted by Gasteiger charge is -2.13. The normalized spacial score (nSPS) is 11.9. The fourth-order valence-electron chi connectivity index (χ4n) is 2.19. The molecule has 0 bridgehead atoms. The van der Waals surface area contributed by atoms with Crippen molar-refractivity contribution in [1.82, 2.24) is 20.3 Å². The quantitative estimate of drug-likeness (QED) is 0.723. The number of ether oxygens (including phenoxy) is 1. The van der Waals surface area contributed by atoms with Gasteiger partial charge in [0.25, 0.3) is 5.91 Å². The predicted molar refractivity (Wildman–Crippen MR) is 87.0 cm³/mol. The van der Waals surface area contributed by atoms with E-state index in [1.165, 1.54) is 4.68 Å². The predicted octanol–water partition coefficient (Wildman–Crippen LogP) is 1.75. The molecule has 0 aliphatic carbocycles. The summed E-state index contributed by atoms with van der Waals surface area (Å²) in [5.74, 6) is -0.870. The number of fused-ring (bicyclic) bond motifs is 1. The Morgan fingerprint density at radius 3 is 2.62 bits per heavy atom. The molecule has 0 radical (unpaired) electrons. The standard InChI is InChI=1S/C17H16N4O3/c1-12(18-16(22)13-7-3-2-4-8-13)17(23)24-11-21-15-10-6-5-9-14(15)19-20-21/h2-10,12H,11H2,1H3,(H,18,22)/t12-/m0/s1. The minimum absolute atomic E-state index is 0.0646. The van der Waals surface area contributed by atoms with E-state index in [1.807, 2.05) is 30.3 Å². The van der Waals surface area contributed by atoms with E-state index in [1.54, 1.807) is 31.2 Å². The number of para-hydroxylation sites is 1. The van der Waals surface area contributed by atoms with Crippen molar-refractivity contribution in [2.75, 3.05) is 0 Å². The Hall–Kier alpha value is -3.22. The first-order valence-electron chi connectivity index (χ1n) is 7.46.